The fraction of sp³-hybridized carbons (Fsp3) is 0.200. The maximum absolute atomic E-state index is 12.1. The maximum Gasteiger partial charge on any atom is 0.243 e. The van der Waals surface area contributed by atoms with Gasteiger partial charge in [0.15, 0.2) is 0 Å². The molecule has 0 fully saturated rings. The summed E-state index contributed by atoms with van der Waals surface area (Å²) in [6.45, 7) is 0.588. The van der Waals surface area contributed by atoms with E-state index in [1.54, 1.807) is 18.3 Å². The Kier molecular flexibility index (Phi) is 4.56. The Labute approximate surface area is 123 Å². The highest BCUT2D eigenvalue weighted by atomic mass is 79.9. The number of nitrogens with one attached hydrogen (secondary N) is 1. The molecule has 2 aromatic rings. The number of sulfonamides is 1. The van der Waals surface area contributed by atoms with Crippen molar-refractivity contribution in [2.24, 2.45) is 0 Å². The number of halogens is 2. The standard InChI is InChI=1S/C10H10BrClN4O2S/c11-8-2-1-3-9(12)10(8)19(17,18)14-5-7-16-6-4-13-15-16/h1-4,6,14H,5,7H2. The summed E-state index contributed by atoms with van der Waals surface area (Å²) in [7, 11) is -3.67. The van der Waals surface area contributed by atoms with Crippen LogP contribution >= 0.6 is 27.5 Å². The first-order valence-corrected chi connectivity index (χ1v) is 7.94. The lowest BCUT2D eigenvalue weighted by Gasteiger charge is -2.09. The van der Waals surface area contributed by atoms with E-state index < -0.39 is 10.0 Å². The molecule has 0 aliphatic heterocycles. The van der Waals surface area contributed by atoms with Crippen molar-refractivity contribution >= 4 is 37.6 Å². The average molecular weight is 366 g/mol. The molecule has 102 valence electrons. The van der Waals surface area contributed by atoms with E-state index in [4.69, 9.17) is 11.6 Å². The van der Waals surface area contributed by atoms with Gasteiger partial charge < -0.3 is 0 Å². The quantitative estimate of drug-likeness (QED) is 0.874. The summed E-state index contributed by atoms with van der Waals surface area (Å²) < 4.78 is 28.7. The molecule has 0 spiro atoms. The summed E-state index contributed by atoms with van der Waals surface area (Å²) in [4.78, 5) is 0.0373. The molecule has 9 heteroatoms. The number of hydrogen-bond acceptors (Lipinski definition) is 4. The summed E-state index contributed by atoms with van der Waals surface area (Å²) >= 11 is 9.10. The van der Waals surface area contributed by atoms with Gasteiger partial charge >= 0.3 is 0 Å². The van der Waals surface area contributed by atoms with Crippen LogP contribution < -0.4 is 4.72 Å². The van der Waals surface area contributed by atoms with E-state index in [9.17, 15) is 8.42 Å². The van der Waals surface area contributed by atoms with Crippen molar-refractivity contribution < 1.29 is 8.42 Å². The van der Waals surface area contributed by atoms with Crippen molar-refractivity contribution in [1.82, 2.24) is 19.7 Å². The van der Waals surface area contributed by atoms with Crippen LogP contribution in [-0.4, -0.2) is 30.0 Å². The molecule has 0 aliphatic carbocycles. The van der Waals surface area contributed by atoms with Crippen molar-refractivity contribution in [3.05, 3.63) is 40.1 Å². The van der Waals surface area contributed by atoms with Gasteiger partial charge in [0.05, 0.1) is 17.8 Å². The number of nitrogens with zero attached hydrogens (tertiary/aromatic N) is 3. The van der Waals surface area contributed by atoms with Gasteiger partial charge in [-0.3, -0.25) is 4.68 Å². The minimum atomic E-state index is -3.67. The molecule has 0 atom stereocenters. The van der Waals surface area contributed by atoms with E-state index >= 15 is 0 Å². The summed E-state index contributed by atoms with van der Waals surface area (Å²) in [5.74, 6) is 0. The molecule has 0 unspecified atom stereocenters. The van der Waals surface area contributed by atoms with Gasteiger partial charge in [0, 0.05) is 17.2 Å². The molecule has 0 bridgehead atoms. The molecule has 0 saturated carbocycles. The van der Waals surface area contributed by atoms with Gasteiger partial charge in [-0.25, -0.2) is 13.1 Å². The Morgan fingerprint density at radius 1 is 1.42 bits per heavy atom. The fourth-order valence-corrected chi connectivity index (χ4v) is 4.21. The first-order valence-electron chi connectivity index (χ1n) is 5.28. The molecular formula is C10H10BrClN4O2S. The van der Waals surface area contributed by atoms with Crippen molar-refractivity contribution in [1.29, 1.82) is 0 Å². The van der Waals surface area contributed by atoms with E-state index in [0.29, 0.717) is 11.0 Å². The van der Waals surface area contributed by atoms with E-state index in [-0.39, 0.29) is 16.5 Å². The molecule has 19 heavy (non-hydrogen) atoms. The topological polar surface area (TPSA) is 76.9 Å². The first-order chi connectivity index (χ1) is 9.00. The molecule has 1 aromatic carbocycles. The summed E-state index contributed by atoms with van der Waals surface area (Å²) in [6, 6.07) is 4.82. The van der Waals surface area contributed by atoms with Gasteiger partial charge in [-0.2, -0.15) is 0 Å². The molecule has 1 heterocycles. The lowest BCUT2D eigenvalue weighted by molar-refractivity contribution is 0.552. The third-order valence-corrected chi connectivity index (χ3v) is 5.20. The highest BCUT2D eigenvalue weighted by Crippen LogP contribution is 2.28. The second-order valence-electron chi connectivity index (χ2n) is 3.61. The van der Waals surface area contributed by atoms with Gasteiger partial charge in [0.2, 0.25) is 10.0 Å². The highest BCUT2D eigenvalue weighted by molar-refractivity contribution is 9.10. The van der Waals surface area contributed by atoms with Gasteiger partial charge in [-0.05, 0) is 28.1 Å². The van der Waals surface area contributed by atoms with Gasteiger partial charge in [0.1, 0.15) is 4.90 Å². The molecular weight excluding hydrogens is 356 g/mol. The predicted octanol–water partition coefficient (Wildman–Crippen LogP) is 1.67. The monoisotopic (exact) mass is 364 g/mol. The third-order valence-electron chi connectivity index (χ3n) is 2.29. The highest BCUT2D eigenvalue weighted by Gasteiger charge is 2.20. The second-order valence-corrected chi connectivity index (χ2v) is 6.58. The summed E-state index contributed by atoms with van der Waals surface area (Å²) in [6.07, 6.45) is 3.18. The largest absolute Gasteiger partial charge is 0.251 e. The van der Waals surface area contributed by atoms with E-state index in [2.05, 4.69) is 31.0 Å². The summed E-state index contributed by atoms with van der Waals surface area (Å²) in [5, 5.41) is 7.54. The number of hydrogen-bond donors (Lipinski definition) is 1. The van der Waals surface area contributed by atoms with Crippen LogP contribution in [0.5, 0.6) is 0 Å². The smallest absolute Gasteiger partial charge is 0.243 e. The Morgan fingerprint density at radius 2 is 2.21 bits per heavy atom. The van der Waals surface area contributed by atoms with Crippen LogP contribution in [0.3, 0.4) is 0 Å². The molecule has 0 amide bonds. The normalized spacial score (nSPS) is 11.7. The SMILES string of the molecule is O=S(=O)(NCCn1ccnn1)c1c(Cl)cccc1Br. The lowest BCUT2D eigenvalue weighted by Crippen LogP contribution is -2.28. The van der Waals surface area contributed by atoms with E-state index in [1.807, 2.05) is 0 Å². The van der Waals surface area contributed by atoms with Crippen LogP contribution in [0, 0.1) is 0 Å². The van der Waals surface area contributed by atoms with Gasteiger partial charge in [0.25, 0.3) is 0 Å². The molecule has 1 aromatic heterocycles. The zero-order chi connectivity index (χ0) is 13.9. The number of aromatic nitrogens is 3. The zero-order valence-corrected chi connectivity index (χ0v) is 12.8. The Morgan fingerprint density at radius 3 is 2.84 bits per heavy atom. The Bertz CT molecular complexity index is 640. The number of rotatable bonds is 5. The average Bonchev–Trinajstić information content (AvgIpc) is 2.81. The van der Waals surface area contributed by atoms with Crippen molar-refractivity contribution in [3.63, 3.8) is 0 Å². The number of benzene rings is 1. The van der Waals surface area contributed by atoms with Crippen LogP contribution in [0.25, 0.3) is 0 Å². The maximum atomic E-state index is 12.1. The minimum absolute atomic E-state index is 0.0373. The first kappa shape index (κ1) is 14.4. The van der Waals surface area contributed by atoms with Gasteiger partial charge in [-0.15, -0.1) is 5.10 Å². The third kappa shape index (κ3) is 3.53. The van der Waals surface area contributed by atoms with Crippen molar-refractivity contribution in [2.45, 2.75) is 11.4 Å². The van der Waals surface area contributed by atoms with Crippen LogP contribution in [0.1, 0.15) is 0 Å². The Balaban J connectivity index is 2.10. The molecule has 0 radical (unpaired) electrons. The van der Waals surface area contributed by atoms with Crippen LogP contribution in [0.4, 0.5) is 0 Å². The fourth-order valence-electron chi connectivity index (χ4n) is 1.46. The van der Waals surface area contributed by atoms with Crippen LogP contribution in [0.2, 0.25) is 5.02 Å². The van der Waals surface area contributed by atoms with E-state index in [0.717, 1.165) is 0 Å². The molecule has 2 rings (SSSR count). The molecule has 1 N–H and O–H groups in total. The van der Waals surface area contributed by atoms with Crippen molar-refractivity contribution in [3.8, 4) is 0 Å². The molecule has 0 saturated heterocycles. The molecule has 0 aliphatic rings. The van der Waals surface area contributed by atoms with Crippen molar-refractivity contribution in [2.75, 3.05) is 6.54 Å². The lowest BCUT2D eigenvalue weighted by atomic mass is 10.4. The van der Waals surface area contributed by atoms with Crippen LogP contribution in [-0.2, 0) is 16.6 Å². The molecule has 6 nitrogen and oxygen atoms in total. The summed E-state index contributed by atoms with van der Waals surface area (Å²) in [5.41, 5.74) is 0. The minimum Gasteiger partial charge on any atom is -0.251 e. The van der Waals surface area contributed by atoms with Gasteiger partial charge in [-0.1, -0.05) is 22.9 Å². The second kappa shape index (κ2) is 6.00. The Hall–Kier alpha value is -0.960. The van der Waals surface area contributed by atoms with Crippen LogP contribution in [0.15, 0.2) is 40.0 Å². The zero-order valence-electron chi connectivity index (χ0n) is 9.62. The predicted molar refractivity (Wildman–Crippen MR) is 74.4 cm³/mol. The van der Waals surface area contributed by atoms with E-state index in [1.165, 1.54) is 16.9 Å².